The Morgan fingerprint density at radius 3 is 2.06 bits per heavy atom. The molecular formula is C30H26N2OS. The molecule has 0 aliphatic heterocycles. The Balaban J connectivity index is 1.83. The van der Waals surface area contributed by atoms with Crippen LogP contribution in [-0.2, 0) is 0 Å². The lowest BCUT2D eigenvalue weighted by atomic mass is 9.87. The number of Topliss-reactive ketones (excluding diaryl/α,β-unsaturated/α-hetero) is 1. The van der Waals surface area contributed by atoms with E-state index in [2.05, 4.69) is 52.8 Å². The lowest BCUT2D eigenvalue weighted by molar-refractivity contribution is 0.104. The van der Waals surface area contributed by atoms with Gasteiger partial charge in [0.15, 0.2) is 5.78 Å². The molecular weight excluding hydrogens is 436 g/mol. The molecule has 34 heavy (non-hydrogen) atoms. The highest BCUT2D eigenvalue weighted by molar-refractivity contribution is 7.16. The summed E-state index contributed by atoms with van der Waals surface area (Å²) in [6.45, 7) is 11.1. The van der Waals surface area contributed by atoms with E-state index in [0.717, 1.165) is 9.75 Å². The molecule has 1 aliphatic rings. The molecule has 0 atom stereocenters. The number of hydrogen-bond donors (Lipinski definition) is 0. The van der Waals surface area contributed by atoms with Gasteiger partial charge in [-0.05, 0) is 76.9 Å². The molecule has 168 valence electrons. The third-order valence-corrected chi connectivity index (χ3v) is 7.44. The molecule has 0 fully saturated rings. The van der Waals surface area contributed by atoms with E-state index in [1.807, 2.05) is 30.3 Å². The molecule has 0 amide bonds. The lowest BCUT2D eigenvalue weighted by Crippen LogP contribution is -2.00. The Morgan fingerprint density at radius 1 is 0.912 bits per heavy atom. The third-order valence-electron chi connectivity index (χ3n) is 6.36. The summed E-state index contributed by atoms with van der Waals surface area (Å²) in [7, 11) is 0. The molecule has 0 spiro atoms. The first-order valence-corrected chi connectivity index (χ1v) is 12.2. The second kappa shape index (κ2) is 9.26. The van der Waals surface area contributed by atoms with Gasteiger partial charge in [0, 0.05) is 26.5 Å². The Morgan fingerprint density at radius 2 is 1.50 bits per heavy atom. The standard InChI is InChI=1S/C30H26N2OS/c1-17(2)25-12-20(13-26(18(3)4)19(25)5)28-11-10-22(34-28)14-27-29(21(15-31)16-32)23-8-6-7-9-24(23)30(27)33/h6-14,17-18H,1-5H3/b27-14-. The van der Waals surface area contributed by atoms with Crippen molar-refractivity contribution in [2.24, 2.45) is 0 Å². The Labute approximate surface area is 205 Å². The van der Waals surface area contributed by atoms with Gasteiger partial charge in [0.1, 0.15) is 17.7 Å². The molecule has 0 radical (unpaired) electrons. The van der Waals surface area contributed by atoms with Crippen LogP contribution in [0.15, 0.2) is 59.7 Å². The number of carbonyl (C=O) groups is 1. The second-order valence-corrected chi connectivity index (χ2v) is 10.3. The van der Waals surface area contributed by atoms with Crippen LogP contribution in [0.1, 0.15) is 77.0 Å². The zero-order valence-electron chi connectivity index (χ0n) is 20.1. The predicted octanol–water partition coefficient (Wildman–Crippen LogP) is 8.05. The van der Waals surface area contributed by atoms with E-state index >= 15 is 0 Å². The highest BCUT2D eigenvalue weighted by Crippen LogP contribution is 2.41. The number of nitriles is 2. The largest absolute Gasteiger partial charge is 0.289 e. The van der Waals surface area contributed by atoms with Crippen molar-refractivity contribution < 1.29 is 4.79 Å². The van der Waals surface area contributed by atoms with Crippen LogP contribution in [0.4, 0.5) is 0 Å². The molecule has 2 aromatic carbocycles. The quantitative estimate of drug-likeness (QED) is 0.291. The molecule has 1 heterocycles. The first-order chi connectivity index (χ1) is 16.3. The molecule has 1 aliphatic carbocycles. The van der Waals surface area contributed by atoms with Crippen molar-refractivity contribution in [3.05, 3.63) is 92.4 Å². The summed E-state index contributed by atoms with van der Waals surface area (Å²) in [5.74, 6) is 0.705. The van der Waals surface area contributed by atoms with E-state index in [1.54, 1.807) is 29.5 Å². The molecule has 0 saturated heterocycles. The summed E-state index contributed by atoms with van der Waals surface area (Å²) in [5.41, 5.74) is 7.23. The van der Waals surface area contributed by atoms with E-state index in [0.29, 0.717) is 34.1 Å². The molecule has 0 N–H and O–H groups in total. The van der Waals surface area contributed by atoms with Crippen molar-refractivity contribution in [3.8, 4) is 22.6 Å². The fraction of sp³-hybridized carbons (Fsp3) is 0.233. The van der Waals surface area contributed by atoms with Crippen molar-refractivity contribution in [3.63, 3.8) is 0 Å². The minimum Gasteiger partial charge on any atom is -0.289 e. The third kappa shape index (κ3) is 4.03. The van der Waals surface area contributed by atoms with Gasteiger partial charge in [-0.3, -0.25) is 4.79 Å². The number of thiophene rings is 1. The summed E-state index contributed by atoms with van der Waals surface area (Å²) in [6.07, 6.45) is 1.82. The van der Waals surface area contributed by atoms with Crippen LogP contribution in [0.25, 0.3) is 22.1 Å². The Hall–Kier alpha value is -3.73. The van der Waals surface area contributed by atoms with Gasteiger partial charge < -0.3 is 0 Å². The van der Waals surface area contributed by atoms with E-state index < -0.39 is 0 Å². The first kappa shape index (κ1) is 23.4. The number of ketones is 1. The fourth-order valence-corrected chi connectivity index (χ4v) is 5.61. The van der Waals surface area contributed by atoms with Crippen molar-refractivity contribution in [2.45, 2.75) is 46.5 Å². The second-order valence-electron chi connectivity index (χ2n) is 9.20. The fourth-order valence-electron chi connectivity index (χ4n) is 4.68. The van der Waals surface area contributed by atoms with Crippen LogP contribution in [0.2, 0.25) is 0 Å². The van der Waals surface area contributed by atoms with Gasteiger partial charge in [0.05, 0.1) is 0 Å². The van der Waals surface area contributed by atoms with E-state index in [1.165, 1.54) is 22.3 Å². The topological polar surface area (TPSA) is 64.7 Å². The number of fused-ring (bicyclic) bond motifs is 1. The Bertz CT molecular complexity index is 1410. The maximum absolute atomic E-state index is 13.2. The molecule has 0 saturated carbocycles. The van der Waals surface area contributed by atoms with Gasteiger partial charge in [-0.25, -0.2) is 0 Å². The van der Waals surface area contributed by atoms with Crippen LogP contribution in [0, 0.1) is 29.6 Å². The molecule has 4 heteroatoms. The van der Waals surface area contributed by atoms with Crippen LogP contribution < -0.4 is 0 Å². The summed E-state index contributed by atoms with van der Waals surface area (Å²) in [6, 6.07) is 19.7. The number of benzene rings is 2. The maximum atomic E-state index is 13.2. The summed E-state index contributed by atoms with van der Waals surface area (Å²) < 4.78 is 0. The zero-order valence-corrected chi connectivity index (χ0v) is 20.9. The summed E-state index contributed by atoms with van der Waals surface area (Å²) in [5, 5.41) is 19.1. The predicted molar refractivity (Wildman–Crippen MR) is 140 cm³/mol. The zero-order chi connectivity index (χ0) is 24.6. The van der Waals surface area contributed by atoms with Crippen molar-refractivity contribution in [1.29, 1.82) is 10.5 Å². The maximum Gasteiger partial charge on any atom is 0.194 e. The van der Waals surface area contributed by atoms with Crippen LogP contribution in [-0.4, -0.2) is 5.78 Å². The monoisotopic (exact) mass is 462 g/mol. The van der Waals surface area contributed by atoms with Crippen LogP contribution in [0.3, 0.4) is 0 Å². The molecule has 3 nitrogen and oxygen atoms in total. The SMILES string of the molecule is Cc1c(C(C)C)cc(-c2ccc(/C=C3\C(=O)c4ccccc4C3=C(C#N)C#N)s2)cc1C(C)C. The molecule has 1 aromatic heterocycles. The molecule has 3 aromatic rings. The van der Waals surface area contributed by atoms with Gasteiger partial charge in [0.25, 0.3) is 0 Å². The smallest absolute Gasteiger partial charge is 0.194 e. The van der Waals surface area contributed by atoms with Gasteiger partial charge >= 0.3 is 0 Å². The molecule has 0 unspecified atom stereocenters. The summed E-state index contributed by atoms with van der Waals surface area (Å²) in [4.78, 5) is 15.2. The van der Waals surface area contributed by atoms with Gasteiger partial charge in [-0.15, -0.1) is 11.3 Å². The number of nitrogens with zero attached hydrogens (tertiary/aromatic N) is 2. The van der Waals surface area contributed by atoms with Crippen molar-refractivity contribution >= 4 is 28.8 Å². The average molecular weight is 463 g/mol. The number of carbonyl (C=O) groups excluding carboxylic acids is 1. The average Bonchev–Trinajstić information content (AvgIpc) is 3.39. The summed E-state index contributed by atoms with van der Waals surface area (Å²) >= 11 is 1.61. The minimum atomic E-state index is -0.150. The Kier molecular flexibility index (Phi) is 6.38. The normalized spacial score (nSPS) is 14.0. The van der Waals surface area contributed by atoms with E-state index in [4.69, 9.17) is 0 Å². The first-order valence-electron chi connectivity index (χ1n) is 11.4. The number of hydrogen-bond acceptors (Lipinski definition) is 4. The van der Waals surface area contributed by atoms with Crippen LogP contribution in [0.5, 0.6) is 0 Å². The van der Waals surface area contributed by atoms with Gasteiger partial charge in [0.2, 0.25) is 0 Å². The van der Waals surface area contributed by atoms with E-state index in [9.17, 15) is 15.3 Å². The van der Waals surface area contributed by atoms with Crippen LogP contribution >= 0.6 is 11.3 Å². The van der Waals surface area contributed by atoms with Gasteiger partial charge in [-0.1, -0.05) is 52.0 Å². The number of allylic oxidation sites excluding steroid dienone is 3. The van der Waals surface area contributed by atoms with Gasteiger partial charge in [-0.2, -0.15) is 10.5 Å². The van der Waals surface area contributed by atoms with E-state index in [-0.39, 0.29) is 11.4 Å². The number of rotatable bonds is 4. The van der Waals surface area contributed by atoms with Crippen molar-refractivity contribution in [1.82, 2.24) is 0 Å². The lowest BCUT2D eigenvalue weighted by Gasteiger charge is -2.18. The molecule has 4 rings (SSSR count). The minimum absolute atomic E-state index is 0.0389. The van der Waals surface area contributed by atoms with Crippen molar-refractivity contribution in [2.75, 3.05) is 0 Å². The molecule has 0 bridgehead atoms. The highest BCUT2D eigenvalue weighted by atomic mass is 32.1. The highest BCUT2D eigenvalue weighted by Gasteiger charge is 2.32.